The van der Waals surface area contributed by atoms with Gasteiger partial charge in [-0.1, -0.05) is 0 Å². The van der Waals surface area contributed by atoms with E-state index in [1.807, 2.05) is 11.8 Å². The molecule has 0 bridgehead atoms. The summed E-state index contributed by atoms with van der Waals surface area (Å²) in [6.07, 6.45) is 2.59. The number of Topliss-reactive ketones (excluding diaryl/α,β-unsaturated/α-hetero) is 1. The Bertz CT molecular complexity index is 713. The molecule has 1 aliphatic heterocycles. The zero-order valence-corrected chi connectivity index (χ0v) is 14.0. The third-order valence-corrected chi connectivity index (χ3v) is 5.23. The van der Waals surface area contributed by atoms with Crippen LogP contribution in [0.25, 0.3) is 0 Å². The van der Waals surface area contributed by atoms with E-state index in [2.05, 4.69) is 0 Å². The zero-order chi connectivity index (χ0) is 16.6. The average Bonchev–Trinajstić information content (AvgIpc) is 3.32. The smallest absolute Gasteiger partial charge is 0.240 e. The van der Waals surface area contributed by atoms with Gasteiger partial charge in [-0.2, -0.15) is 0 Å². The van der Waals surface area contributed by atoms with Gasteiger partial charge in [0.15, 0.2) is 5.78 Å². The summed E-state index contributed by atoms with van der Waals surface area (Å²) in [6.45, 7) is 3.90. The van der Waals surface area contributed by atoms with E-state index in [1.165, 1.54) is 6.07 Å². The minimum absolute atomic E-state index is 0.00835. The molecular formula is C16H22N2O4S. The lowest BCUT2D eigenvalue weighted by Crippen LogP contribution is -2.32. The summed E-state index contributed by atoms with van der Waals surface area (Å²) in [5.74, 6) is 0.0507. The van der Waals surface area contributed by atoms with Gasteiger partial charge in [0, 0.05) is 31.2 Å². The van der Waals surface area contributed by atoms with Crippen LogP contribution in [0.4, 0.5) is 5.69 Å². The molecule has 6 nitrogen and oxygen atoms in total. The second-order valence-corrected chi connectivity index (χ2v) is 7.88. The number of nitrogens with zero attached hydrogens (tertiary/aromatic N) is 1. The van der Waals surface area contributed by atoms with Crippen molar-refractivity contribution in [1.29, 1.82) is 0 Å². The van der Waals surface area contributed by atoms with Crippen LogP contribution in [-0.4, -0.2) is 40.0 Å². The maximum absolute atomic E-state index is 12.2. The number of benzene rings is 1. The number of ether oxygens (including phenoxy) is 1. The van der Waals surface area contributed by atoms with Crippen LogP contribution < -0.4 is 10.0 Å². The van der Waals surface area contributed by atoms with Gasteiger partial charge in [-0.05, 0) is 44.4 Å². The van der Waals surface area contributed by atoms with Crippen LogP contribution in [-0.2, 0) is 14.8 Å². The van der Waals surface area contributed by atoms with E-state index in [0.717, 1.165) is 19.3 Å². The lowest BCUT2D eigenvalue weighted by Gasteiger charge is -2.26. The summed E-state index contributed by atoms with van der Waals surface area (Å²) < 4.78 is 29.7. The van der Waals surface area contributed by atoms with Gasteiger partial charge < -0.3 is 9.64 Å². The molecule has 2 fully saturated rings. The molecule has 0 unspecified atom stereocenters. The second-order valence-electron chi connectivity index (χ2n) is 6.35. The Morgan fingerprint density at radius 2 is 2.09 bits per heavy atom. The summed E-state index contributed by atoms with van der Waals surface area (Å²) in [7, 11) is -3.91. The molecule has 1 aromatic rings. The highest BCUT2D eigenvalue weighted by atomic mass is 32.2. The molecule has 2 N–H and O–H groups in total. The second kappa shape index (κ2) is 6.22. The van der Waals surface area contributed by atoms with Gasteiger partial charge in [0.2, 0.25) is 10.0 Å². The Labute approximate surface area is 136 Å². The summed E-state index contributed by atoms with van der Waals surface area (Å²) in [4.78, 5) is 14.2. The van der Waals surface area contributed by atoms with Gasteiger partial charge in [-0.3, -0.25) is 4.79 Å². The molecule has 1 aromatic carbocycles. The van der Waals surface area contributed by atoms with Crippen molar-refractivity contribution in [3.63, 3.8) is 0 Å². The molecule has 0 spiro atoms. The van der Waals surface area contributed by atoms with Crippen LogP contribution >= 0.6 is 0 Å². The van der Waals surface area contributed by atoms with E-state index in [1.54, 1.807) is 12.1 Å². The number of carbonyl (C=O) groups is 1. The zero-order valence-electron chi connectivity index (χ0n) is 13.2. The summed E-state index contributed by atoms with van der Waals surface area (Å²) in [5, 5.41) is 5.40. The Morgan fingerprint density at radius 1 is 1.35 bits per heavy atom. The average molecular weight is 338 g/mol. The van der Waals surface area contributed by atoms with Crippen molar-refractivity contribution in [1.82, 2.24) is 0 Å². The highest BCUT2D eigenvalue weighted by Gasteiger charge is 2.32. The van der Waals surface area contributed by atoms with E-state index < -0.39 is 10.0 Å². The summed E-state index contributed by atoms with van der Waals surface area (Å²) >= 11 is 0. The first-order valence-electron chi connectivity index (χ1n) is 7.94. The first-order chi connectivity index (χ1) is 10.9. The maximum atomic E-state index is 12.2. The molecule has 1 saturated carbocycles. The number of rotatable bonds is 4. The van der Waals surface area contributed by atoms with Crippen LogP contribution in [0, 0.1) is 5.92 Å². The van der Waals surface area contributed by atoms with Gasteiger partial charge in [-0.25, -0.2) is 13.6 Å². The number of hydrogen-bond acceptors (Lipinski definition) is 5. The molecule has 1 aliphatic carbocycles. The molecule has 3 rings (SSSR count). The van der Waals surface area contributed by atoms with Crippen molar-refractivity contribution in [3.8, 4) is 0 Å². The number of nitrogens with two attached hydrogens (primary N) is 1. The molecule has 126 valence electrons. The quantitative estimate of drug-likeness (QED) is 0.841. The minimum atomic E-state index is -3.91. The van der Waals surface area contributed by atoms with Crippen molar-refractivity contribution in [2.24, 2.45) is 11.1 Å². The van der Waals surface area contributed by atoms with Gasteiger partial charge in [-0.15, -0.1) is 0 Å². The van der Waals surface area contributed by atoms with Crippen LogP contribution in [0.15, 0.2) is 23.1 Å². The lowest BCUT2D eigenvalue weighted by molar-refractivity contribution is 0.0820. The minimum Gasteiger partial charge on any atom is -0.377 e. The number of carbonyl (C=O) groups excluding carboxylic acids is 1. The van der Waals surface area contributed by atoms with Gasteiger partial charge in [0.1, 0.15) is 4.90 Å². The fourth-order valence-corrected chi connectivity index (χ4v) is 3.73. The highest BCUT2D eigenvalue weighted by Crippen LogP contribution is 2.34. The van der Waals surface area contributed by atoms with E-state index in [9.17, 15) is 13.2 Å². The van der Waals surface area contributed by atoms with Crippen LogP contribution in [0.2, 0.25) is 0 Å². The van der Waals surface area contributed by atoms with Crippen molar-refractivity contribution >= 4 is 21.5 Å². The van der Waals surface area contributed by atoms with Crippen molar-refractivity contribution in [2.75, 3.05) is 24.6 Å². The first kappa shape index (κ1) is 16.4. The number of sulfonamides is 1. The third-order valence-electron chi connectivity index (χ3n) is 4.29. The number of ketones is 1. The molecule has 0 amide bonds. The third kappa shape index (κ3) is 3.73. The van der Waals surface area contributed by atoms with E-state index >= 15 is 0 Å². The standard InChI is InChI=1S/C16H22N2O4S/c1-11-10-18(7-2-8-22-11)14-6-5-13(16(19)12-3-4-12)9-15(14)23(17,20)21/h5-6,9,11-12H,2-4,7-8,10H2,1H3,(H2,17,20,21)/t11-/m1/s1. The lowest BCUT2D eigenvalue weighted by atomic mass is 10.1. The fourth-order valence-electron chi connectivity index (χ4n) is 2.95. The molecule has 1 heterocycles. The molecule has 23 heavy (non-hydrogen) atoms. The Balaban J connectivity index is 2.00. The summed E-state index contributed by atoms with van der Waals surface area (Å²) in [6, 6.07) is 4.84. The summed E-state index contributed by atoms with van der Waals surface area (Å²) in [5.41, 5.74) is 0.983. The molecular weight excluding hydrogens is 316 g/mol. The van der Waals surface area contributed by atoms with Crippen LogP contribution in [0.3, 0.4) is 0 Å². The van der Waals surface area contributed by atoms with Crippen molar-refractivity contribution in [2.45, 2.75) is 37.2 Å². The van der Waals surface area contributed by atoms with E-state index in [4.69, 9.17) is 9.88 Å². The predicted molar refractivity (Wildman–Crippen MR) is 87.1 cm³/mol. The molecule has 1 atom stereocenters. The monoisotopic (exact) mass is 338 g/mol. The fraction of sp³-hybridized carbons (Fsp3) is 0.562. The van der Waals surface area contributed by atoms with Crippen LogP contribution in [0.5, 0.6) is 0 Å². The van der Waals surface area contributed by atoms with Gasteiger partial charge in [0.05, 0.1) is 11.8 Å². The number of anilines is 1. The van der Waals surface area contributed by atoms with E-state index in [-0.39, 0.29) is 22.7 Å². The normalized spacial score (nSPS) is 22.7. The van der Waals surface area contributed by atoms with Gasteiger partial charge >= 0.3 is 0 Å². The highest BCUT2D eigenvalue weighted by molar-refractivity contribution is 7.89. The first-order valence-corrected chi connectivity index (χ1v) is 9.48. The maximum Gasteiger partial charge on any atom is 0.240 e. The molecule has 2 aliphatic rings. The topological polar surface area (TPSA) is 89.7 Å². The Hall–Kier alpha value is -1.44. The van der Waals surface area contributed by atoms with Gasteiger partial charge in [0.25, 0.3) is 0 Å². The molecule has 0 radical (unpaired) electrons. The number of hydrogen-bond donors (Lipinski definition) is 1. The largest absolute Gasteiger partial charge is 0.377 e. The number of primary sulfonamides is 1. The molecule has 0 aromatic heterocycles. The van der Waals surface area contributed by atoms with E-state index in [0.29, 0.717) is 30.9 Å². The van der Waals surface area contributed by atoms with Crippen molar-refractivity contribution < 1.29 is 17.9 Å². The Kier molecular flexibility index (Phi) is 4.44. The molecule has 1 saturated heterocycles. The Morgan fingerprint density at radius 3 is 2.74 bits per heavy atom. The predicted octanol–water partition coefficient (Wildman–Crippen LogP) is 1.54. The van der Waals surface area contributed by atoms with Crippen LogP contribution in [0.1, 0.15) is 36.5 Å². The molecule has 7 heteroatoms. The SMILES string of the molecule is C[C@@H]1CN(c2ccc(C(=O)C3CC3)cc2S(N)(=O)=O)CCCO1. The van der Waals surface area contributed by atoms with Crippen molar-refractivity contribution in [3.05, 3.63) is 23.8 Å².